The fraction of sp³-hybridized carbons (Fsp3) is 0. The third kappa shape index (κ3) is 11.4. The molecule has 0 aliphatic carbocycles. The summed E-state index contributed by atoms with van der Waals surface area (Å²) in [5.41, 5.74) is 13.0. The first-order valence-electron chi connectivity index (χ1n) is 31.2. The van der Waals surface area contributed by atoms with Gasteiger partial charge in [0.15, 0.2) is 0 Å². The molecule has 0 unspecified atom stereocenters. The molecule has 0 aromatic carbocycles. The van der Waals surface area contributed by atoms with Crippen molar-refractivity contribution in [3.8, 4) is 192 Å². The minimum Gasteiger partial charge on any atom is -0.144 e. The number of hydrogen-bond donors (Lipinski definition) is 0. The molecule has 0 nitrogen and oxygen atoms in total. The molecule has 0 N–H and O–H groups in total. The van der Waals surface area contributed by atoms with Gasteiger partial charge in [0.2, 0.25) is 0 Å². The van der Waals surface area contributed by atoms with E-state index >= 15 is 0 Å². The van der Waals surface area contributed by atoms with Gasteiger partial charge in [-0.05, 0) is 174 Å². The van der Waals surface area contributed by atoms with Crippen molar-refractivity contribution in [3.63, 3.8) is 0 Å². The lowest BCUT2D eigenvalue weighted by Gasteiger charge is -2.09. The Balaban J connectivity index is 0.973. The van der Waals surface area contributed by atoms with E-state index in [0.717, 1.165) is 0 Å². The molecular weight excluding hydrogens is 1600 g/mol. The summed E-state index contributed by atoms with van der Waals surface area (Å²) in [6.07, 6.45) is 0. The molecule has 20 heteroatoms. The molecule has 0 saturated carbocycles. The highest BCUT2D eigenvalue weighted by Gasteiger charge is 2.37. The lowest BCUT2D eigenvalue weighted by Crippen LogP contribution is -1.83. The fourth-order valence-corrected chi connectivity index (χ4v) is 33.4. The molecule has 100 heavy (non-hydrogen) atoms. The van der Waals surface area contributed by atoms with Crippen LogP contribution < -0.4 is 0 Å². The van der Waals surface area contributed by atoms with Crippen molar-refractivity contribution >= 4 is 227 Å². The van der Waals surface area contributed by atoms with E-state index in [0.29, 0.717) is 0 Å². The lowest BCUT2D eigenvalue weighted by atomic mass is 9.97. The van der Waals surface area contributed by atoms with Crippen molar-refractivity contribution < 1.29 is 0 Å². The Bertz CT molecular complexity index is 5390. The van der Waals surface area contributed by atoms with Crippen molar-refractivity contribution in [2.24, 2.45) is 0 Å². The van der Waals surface area contributed by atoms with Crippen LogP contribution in [0.15, 0.2) is 247 Å². The largest absolute Gasteiger partial charge is 0.144 e. The molecule has 20 rings (SSSR count). The van der Waals surface area contributed by atoms with E-state index in [9.17, 15) is 0 Å². The van der Waals surface area contributed by atoms with Crippen LogP contribution in [-0.2, 0) is 0 Å². The molecule has 0 atom stereocenters. The third-order valence-electron chi connectivity index (χ3n) is 17.0. The molecule has 0 bridgehead atoms. The minimum absolute atomic E-state index is 1.27. The SMILES string of the molecule is c1csc(-c2cc(-c3sc(-c4sc(-c5cc(-c6cccs6)c(-c6cccs6)s5)c(-c5cc(-c6cccs6)c(-c6cccs6)s5)c4-c4cc(-c5cccs5)c(-c5cccs5)s4)c(-c4cc(-c5cccs5)c(-c5cccs5)s4)c3-c3cc(-c4cccs4)c(-c4cccs4)s3)sc2-c2cccs2)c1. The highest BCUT2D eigenvalue weighted by atomic mass is 32.2. The van der Waals surface area contributed by atoms with Gasteiger partial charge in [0.25, 0.3) is 0 Å². The van der Waals surface area contributed by atoms with E-state index in [-0.39, 0.29) is 0 Å². The first-order valence-corrected chi connectivity index (χ1v) is 48.3. The maximum absolute atomic E-state index is 2.59. The minimum atomic E-state index is 1.27. The number of rotatable bonds is 19. The van der Waals surface area contributed by atoms with Crippen LogP contribution in [0.25, 0.3) is 192 Å². The van der Waals surface area contributed by atoms with Gasteiger partial charge >= 0.3 is 0 Å². The number of thiophene rings is 20. The van der Waals surface area contributed by atoms with Crippen LogP contribution in [0.2, 0.25) is 0 Å². The topological polar surface area (TPSA) is 0 Å². The standard InChI is InChI=1S/C80H42S20/c1-13-49(81-25-1)43-37-61(93-71(43)55-19-7-31-87-55)67-69(63-39-45(51-15-3-27-83-51)73(95-63)57-21-9-33-89-57)79(99-77(67)65-41-47(53-17-5-29-85-53)75(97-65)59-23-11-35-91-59)80-70(64-40-46(52-16-4-28-84-52)74(96-64)58-22-10-34-90-58)68(62-38-44(50-14-2-26-82-50)72(94-62)56-20-8-32-88-56)78(100-80)66-42-48(54-18-6-30-86-54)76(98-66)60-24-12-36-92-60/h1-42H. The molecule has 20 aromatic rings. The van der Waals surface area contributed by atoms with Gasteiger partial charge < -0.3 is 0 Å². The second kappa shape index (κ2) is 27.2. The van der Waals surface area contributed by atoms with Gasteiger partial charge in [0, 0.05) is 143 Å². The summed E-state index contributed by atoms with van der Waals surface area (Å²) in [5, 5.41) is 26.9. The predicted octanol–water partition coefficient (Wildman–Crippen LogP) is 34.6. The molecule has 0 aliphatic rings. The van der Waals surface area contributed by atoms with E-state index < -0.39 is 0 Å². The number of hydrogen-bond acceptors (Lipinski definition) is 20. The lowest BCUT2D eigenvalue weighted by molar-refractivity contribution is 1.78. The monoisotopic (exact) mass is 1640 g/mol. The molecule has 0 spiro atoms. The Morgan fingerprint density at radius 3 is 0.470 bits per heavy atom. The van der Waals surface area contributed by atoms with Gasteiger partial charge in [-0.25, -0.2) is 0 Å². The van der Waals surface area contributed by atoms with Gasteiger partial charge in [0.1, 0.15) is 0 Å². The zero-order valence-electron chi connectivity index (χ0n) is 51.4. The average molecular weight is 1640 g/mol. The molecule has 20 heterocycles. The summed E-state index contributed by atoms with van der Waals surface area (Å²) in [4.78, 5) is 36.2. The summed E-state index contributed by atoms with van der Waals surface area (Å²) >= 11 is 38.0. The smallest absolute Gasteiger partial charge is 0.0549 e. The van der Waals surface area contributed by atoms with Gasteiger partial charge in [-0.15, -0.1) is 227 Å². The highest BCUT2D eigenvalue weighted by Crippen LogP contribution is 2.67. The van der Waals surface area contributed by atoms with E-state index in [4.69, 9.17) is 0 Å². The van der Waals surface area contributed by atoms with E-state index in [1.54, 1.807) is 0 Å². The van der Waals surface area contributed by atoms with Crippen LogP contribution in [-0.4, -0.2) is 0 Å². The highest BCUT2D eigenvalue weighted by molar-refractivity contribution is 7.35. The van der Waals surface area contributed by atoms with Crippen LogP contribution in [0.5, 0.6) is 0 Å². The van der Waals surface area contributed by atoms with E-state index in [1.165, 1.54) is 192 Å². The Kier molecular flexibility index (Phi) is 17.3. The van der Waals surface area contributed by atoms with Gasteiger partial charge in [0.05, 0.1) is 48.8 Å². The van der Waals surface area contributed by atoms with Gasteiger partial charge in [-0.1, -0.05) is 72.8 Å². The molecule has 0 saturated heterocycles. The summed E-state index contributed by atoms with van der Waals surface area (Å²) < 4.78 is 0. The molecule has 20 aromatic heterocycles. The van der Waals surface area contributed by atoms with Crippen LogP contribution in [0, 0.1) is 0 Å². The first kappa shape index (κ1) is 63.7. The quantitative estimate of drug-likeness (QED) is 0.0757. The Morgan fingerprint density at radius 2 is 0.290 bits per heavy atom. The predicted molar refractivity (Wildman–Crippen MR) is 467 cm³/mol. The molecule has 0 amide bonds. The molecule has 0 fully saturated rings. The van der Waals surface area contributed by atoms with E-state index in [1.807, 2.05) is 227 Å². The van der Waals surface area contributed by atoms with Crippen LogP contribution in [0.4, 0.5) is 0 Å². The average Bonchev–Trinajstić information content (AvgIpc) is 1.55. The summed E-state index contributed by atoms with van der Waals surface area (Å²) in [7, 11) is 0. The second-order valence-electron chi connectivity index (χ2n) is 22.9. The van der Waals surface area contributed by atoms with Crippen molar-refractivity contribution in [1.82, 2.24) is 0 Å². The van der Waals surface area contributed by atoms with Crippen LogP contribution in [0.3, 0.4) is 0 Å². The van der Waals surface area contributed by atoms with Gasteiger partial charge in [-0.3, -0.25) is 0 Å². The molecular formula is C80H42S20. The molecule has 0 aliphatic heterocycles. The van der Waals surface area contributed by atoms with Crippen molar-refractivity contribution in [2.45, 2.75) is 0 Å². The zero-order chi connectivity index (χ0) is 65.8. The van der Waals surface area contributed by atoms with Crippen LogP contribution in [0.1, 0.15) is 0 Å². The fourth-order valence-electron chi connectivity index (χ4n) is 12.8. The van der Waals surface area contributed by atoms with Crippen molar-refractivity contribution in [2.75, 3.05) is 0 Å². The first-order chi connectivity index (χ1) is 49.6. The second-order valence-corrected chi connectivity index (χ2v) is 42.6. The van der Waals surface area contributed by atoms with Gasteiger partial charge in [-0.2, -0.15) is 0 Å². The van der Waals surface area contributed by atoms with E-state index in [2.05, 4.69) is 247 Å². The van der Waals surface area contributed by atoms with Crippen molar-refractivity contribution in [3.05, 3.63) is 247 Å². The summed E-state index contributed by atoms with van der Waals surface area (Å²) in [5.74, 6) is 0. The molecule has 0 radical (unpaired) electrons. The maximum Gasteiger partial charge on any atom is 0.0549 e. The zero-order valence-corrected chi connectivity index (χ0v) is 67.7. The normalized spacial score (nSPS) is 11.8. The van der Waals surface area contributed by atoms with Crippen LogP contribution >= 0.6 is 227 Å². The Morgan fingerprint density at radius 1 is 0.130 bits per heavy atom. The third-order valence-corrected chi connectivity index (χ3v) is 38.5. The molecule has 482 valence electrons. The Hall–Kier alpha value is -6.00. The Labute approximate surface area is 656 Å². The summed E-state index contributed by atoms with van der Waals surface area (Å²) in [6, 6.07) is 70.0. The maximum atomic E-state index is 2.59. The summed E-state index contributed by atoms with van der Waals surface area (Å²) in [6.45, 7) is 0. The van der Waals surface area contributed by atoms with Crippen molar-refractivity contribution in [1.29, 1.82) is 0 Å².